The van der Waals surface area contributed by atoms with Gasteiger partial charge in [0.2, 0.25) is 0 Å². The summed E-state index contributed by atoms with van der Waals surface area (Å²) in [6.07, 6.45) is 5.02. The number of carboxylic acid groups (broad SMARTS) is 1. The number of pyridine rings is 1. The van der Waals surface area contributed by atoms with Crippen molar-refractivity contribution in [3.05, 3.63) is 54.4 Å². The number of carboxylic acids is 1. The molecule has 6 nitrogen and oxygen atoms in total. The van der Waals surface area contributed by atoms with E-state index in [1.807, 2.05) is 30.3 Å². The number of benzene rings is 1. The van der Waals surface area contributed by atoms with E-state index in [-0.39, 0.29) is 5.69 Å². The third-order valence-electron chi connectivity index (χ3n) is 4.95. The normalized spacial score (nSPS) is 15.9. The van der Waals surface area contributed by atoms with Gasteiger partial charge in [-0.05, 0) is 31.0 Å². The minimum atomic E-state index is -1.16. The summed E-state index contributed by atoms with van der Waals surface area (Å²) in [5.74, 6) is -0.228. The predicted octanol–water partition coefficient (Wildman–Crippen LogP) is 3.73. The van der Waals surface area contributed by atoms with Gasteiger partial charge in [0.25, 0.3) is 5.91 Å². The van der Waals surface area contributed by atoms with Gasteiger partial charge >= 0.3 is 5.97 Å². The highest BCUT2D eigenvalue weighted by atomic mass is 16.5. The second-order valence-electron chi connectivity index (χ2n) is 6.55. The summed E-state index contributed by atoms with van der Waals surface area (Å²) in [5.41, 5.74) is -0.986. The highest BCUT2D eigenvalue weighted by Gasteiger charge is 2.45. The highest BCUT2D eigenvalue weighted by Crippen LogP contribution is 2.34. The van der Waals surface area contributed by atoms with Gasteiger partial charge in [-0.25, -0.2) is 4.79 Å². The van der Waals surface area contributed by atoms with E-state index in [4.69, 9.17) is 4.74 Å². The van der Waals surface area contributed by atoms with Gasteiger partial charge in [0.15, 0.2) is 0 Å². The Morgan fingerprint density at radius 2 is 1.77 bits per heavy atom. The molecule has 1 aromatic carbocycles. The van der Waals surface area contributed by atoms with Crippen LogP contribution < -0.4 is 4.74 Å². The van der Waals surface area contributed by atoms with Crippen LogP contribution in [0.2, 0.25) is 0 Å². The Hall–Kier alpha value is -2.89. The average Bonchev–Trinajstić information content (AvgIpc) is 2.68. The number of para-hydroxylation sites is 1. The highest BCUT2D eigenvalue weighted by molar-refractivity contribution is 5.96. The molecule has 1 aliphatic rings. The lowest BCUT2D eigenvalue weighted by atomic mass is 9.80. The fraction of sp³-hybridized carbons (Fsp3) is 0.350. The van der Waals surface area contributed by atoms with E-state index in [0.717, 1.165) is 19.3 Å². The summed E-state index contributed by atoms with van der Waals surface area (Å²) in [4.78, 5) is 30.3. The molecular formula is C20H22N2O4. The number of carbonyl (C=O) groups is 2. The largest absolute Gasteiger partial charge is 0.479 e. The van der Waals surface area contributed by atoms with Crippen LogP contribution >= 0.6 is 0 Å². The number of hydrogen-bond acceptors (Lipinski definition) is 4. The Morgan fingerprint density at radius 1 is 1.08 bits per heavy atom. The Labute approximate surface area is 152 Å². The molecule has 26 heavy (non-hydrogen) atoms. The standard InChI is InChI=1S/C20H22N2O4/c1-22(20(19(24)25)11-6-3-7-12-20)18(23)17-14-16(10-13-21-17)26-15-8-4-2-5-9-15/h2,4-5,8-10,13-14H,3,6-7,11-12H2,1H3,(H,24,25). The van der Waals surface area contributed by atoms with Crippen LogP contribution in [-0.2, 0) is 4.79 Å². The van der Waals surface area contributed by atoms with Crippen molar-refractivity contribution >= 4 is 11.9 Å². The molecule has 1 aromatic heterocycles. The number of hydrogen-bond donors (Lipinski definition) is 1. The quantitative estimate of drug-likeness (QED) is 0.885. The topological polar surface area (TPSA) is 79.7 Å². The maximum absolute atomic E-state index is 12.9. The molecule has 0 atom stereocenters. The number of aromatic nitrogens is 1. The number of rotatable bonds is 5. The van der Waals surface area contributed by atoms with Gasteiger partial charge in [-0.15, -0.1) is 0 Å². The van der Waals surface area contributed by atoms with Gasteiger partial charge in [-0.1, -0.05) is 37.5 Å². The van der Waals surface area contributed by atoms with Gasteiger partial charge in [-0.2, -0.15) is 0 Å². The molecule has 1 heterocycles. The van der Waals surface area contributed by atoms with E-state index in [9.17, 15) is 14.7 Å². The fourth-order valence-electron chi connectivity index (χ4n) is 3.41. The van der Waals surface area contributed by atoms with E-state index >= 15 is 0 Å². The first-order chi connectivity index (χ1) is 12.5. The zero-order chi connectivity index (χ0) is 18.6. The first kappa shape index (κ1) is 17.9. The second kappa shape index (κ2) is 7.56. The molecule has 0 bridgehead atoms. The van der Waals surface area contributed by atoms with Gasteiger partial charge in [0.05, 0.1) is 0 Å². The van der Waals surface area contributed by atoms with Crippen LogP contribution in [0.15, 0.2) is 48.7 Å². The molecular weight excluding hydrogens is 332 g/mol. The molecule has 0 unspecified atom stereocenters. The van der Waals surface area contributed by atoms with E-state index in [0.29, 0.717) is 24.3 Å². The van der Waals surface area contributed by atoms with Gasteiger partial charge in [0, 0.05) is 19.3 Å². The molecule has 6 heteroatoms. The number of likely N-dealkylation sites (N-methyl/N-ethyl adjacent to an activating group) is 1. The van der Waals surface area contributed by atoms with E-state index in [1.165, 1.54) is 11.1 Å². The molecule has 1 amide bonds. The Kier molecular flexibility index (Phi) is 5.21. The van der Waals surface area contributed by atoms with Crippen molar-refractivity contribution in [1.29, 1.82) is 0 Å². The maximum atomic E-state index is 12.9. The minimum absolute atomic E-state index is 0.173. The van der Waals surface area contributed by atoms with Crippen molar-refractivity contribution < 1.29 is 19.4 Å². The third kappa shape index (κ3) is 3.54. The summed E-state index contributed by atoms with van der Waals surface area (Å²) in [5, 5.41) is 9.77. The van der Waals surface area contributed by atoms with Crippen molar-refractivity contribution in [2.45, 2.75) is 37.6 Å². The van der Waals surface area contributed by atoms with Gasteiger partial charge in [0.1, 0.15) is 22.7 Å². The predicted molar refractivity (Wildman–Crippen MR) is 96.3 cm³/mol. The number of aliphatic carboxylic acids is 1. The van der Waals surface area contributed by atoms with Crippen molar-refractivity contribution in [2.24, 2.45) is 0 Å². The molecule has 1 aliphatic carbocycles. The van der Waals surface area contributed by atoms with Crippen molar-refractivity contribution in [3.63, 3.8) is 0 Å². The molecule has 0 aliphatic heterocycles. The minimum Gasteiger partial charge on any atom is -0.479 e. The Morgan fingerprint density at radius 3 is 2.42 bits per heavy atom. The summed E-state index contributed by atoms with van der Waals surface area (Å²) >= 11 is 0. The fourth-order valence-corrected chi connectivity index (χ4v) is 3.41. The van der Waals surface area contributed by atoms with Crippen LogP contribution in [0.3, 0.4) is 0 Å². The summed E-state index contributed by atoms with van der Waals surface area (Å²) in [6.45, 7) is 0. The molecule has 0 spiro atoms. The molecule has 3 rings (SSSR count). The Bertz CT molecular complexity index is 785. The SMILES string of the molecule is CN(C(=O)c1cc(Oc2ccccc2)ccn1)C1(C(=O)O)CCCCC1. The molecule has 1 N–H and O–H groups in total. The molecule has 1 saturated carbocycles. The monoisotopic (exact) mass is 354 g/mol. The van der Waals surface area contributed by atoms with E-state index < -0.39 is 17.4 Å². The van der Waals surface area contributed by atoms with Crippen molar-refractivity contribution in [2.75, 3.05) is 7.05 Å². The van der Waals surface area contributed by atoms with Crippen LogP contribution in [-0.4, -0.2) is 39.5 Å². The average molecular weight is 354 g/mol. The zero-order valence-electron chi connectivity index (χ0n) is 14.7. The summed E-state index contributed by atoms with van der Waals surface area (Å²) < 4.78 is 5.74. The Balaban J connectivity index is 1.82. The van der Waals surface area contributed by atoms with E-state index in [1.54, 1.807) is 19.2 Å². The van der Waals surface area contributed by atoms with Crippen LogP contribution in [0, 0.1) is 0 Å². The first-order valence-corrected chi connectivity index (χ1v) is 8.73. The smallest absolute Gasteiger partial charge is 0.329 e. The lowest BCUT2D eigenvalue weighted by molar-refractivity contribution is -0.151. The van der Waals surface area contributed by atoms with Gasteiger partial charge in [-0.3, -0.25) is 9.78 Å². The van der Waals surface area contributed by atoms with Crippen LogP contribution in [0.5, 0.6) is 11.5 Å². The van der Waals surface area contributed by atoms with Crippen LogP contribution in [0.4, 0.5) is 0 Å². The van der Waals surface area contributed by atoms with Crippen LogP contribution in [0.25, 0.3) is 0 Å². The molecule has 2 aromatic rings. The summed E-state index contributed by atoms with van der Waals surface area (Å²) in [6, 6.07) is 12.4. The van der Waals surface area contributed by atoms with Crippen molar-refractivity contribution in [1.82, 2.24) is 9.88 Å². The number of amides is 1. The second-order valence-corrected chi connectivity index (χ2v) is 6.55. The molecule has 1 fully saturated rings. The molecule has 0 radical (unpaired) electrons. The molecule has 0 saturated heterocycles. The zero-order valence-corrected chi connectivity index (χ0v) is 14.7. The first-order valence-electron chi connectivity index (χ1n) is 8.73. The number of carbonyl (C=O) groups excluding carboxylic acids is 1. The third-order valence-corrected chi connectivity index (χ3v) is 4.95. The van der Waals surface area contributed by atoms with Crippen LogP contribution in [0.1, 0.15) is 42.6 Å². The van der Waals surface area contributed by atoms with E-state index in [2.05, 4.69) is 4.98 Å². The summed E-state index contributed by atoms with van der Waals surface area (Å²) in [7, 11) is 1.55. The lowest BCUT2D eigenvalue weighted by Crippen LogP contribution is -2.56. The number of nitrogens with zero attached hydrogens (tertiary/aromatic N) is 2. The molecule has 136 valence electrons. The number of ether oxygens (including phenoxy) is 1. The van der Waals surface area contributed by atoms with Gasteiger partial charge < -0.3 is 14.7 Å². The maximum Gasteiger partial charge on any atom is 0.329 e. The lowest BCUT2D eigenvalue weighted by Gasteiger charge is -2.40. The van der Waals surface area contributed by atoms with Crippen molar-refractivity contribution in [3.8, 4) is 11.5 Å².